The van der Waals surface area contributed by atoms with Gasteiger partial charge in [0.05, 0.1) is 18.4 Å². The zero-order valence-electron chi connectivity index (χ0n) is 16.1. The van der Waals surface area contributed by atoms with Crippen molar-refractivity contribution in [2.75, 3.05) is 6.61 Å². The van der Waals surface area contributed by atoms with Gasteiger partial charge >= 0.3 is 6.18 Å². The highest BCUT2D eigenvalue weighted by Crippen LogP contribution is 2.39. The topological polar surface area (TPSA) is 77.2 Å². The van der Waals surface area contributed by atoms with Crippen molar-refractivity contribution >= 4 is 17.5 Å². The molecule has 1 aliphatic carbocycles. The number of nitrogens with one attached hydrogen (secondary N) is 1. The fourth-order valence-electron chi connectivity index (χ4n) is 2.88. The minimum atomic E-state index is -4.51. The van der Waals surface area contributed by atoms with Crippen molar-refractivity contribution in [1.82, 2.24) is 15.3 Å². The lowest BCUT2D eigenvalue weighted by Crippen LogP contribution is -2.24. The molecule has 0 spiro atoms. The molecule has 4 rings (SSSR count). The van der Waals surface area contributed by atoms with Crippen LogP contribution >= 0.6 is 11.6 Å². The molecule has 1 fully saturated rings. The maximum atomic E-state index is 12.6. The highest BCUT2D eigenvalue weighted by Gasteiger charge is 2.30. The molecule has 0 saturated heterocycles. The minimum Gasteiger partial charge on any atom is -0.482 e. The number of carbonyl (C=O) groups excluding carboxylic acids is 1. The van der Waals surface area contributed by atoms with Crippen molar-refractivity contribution in [2.45, 2.75) is 31.5 Å². The lowest BCUT2D eigenvalue weighted by Gasteiger charge is -2.14. The summed E-state index contributed by atoms with van der Waals surface area (Å²) in [7, 11) is 0. The molecule has 162 valence electrons. The molecule has 1 amide bonds. The standard InChI is InChI=1S/C21H17ClF3N3O3/c22-14-5-3-12(4-6-14)16-7-17(26-9-18(16)31-11-21(23,24)25)19(29)27-8-15-10-30-20(28-15)13-1-2-13/h3-7,9-10,13H,1-2,8,11H2,(H,27,29). The van der Waals surface area contributed by atoms with E-state index in [9.17, 15) is 18.0 Å². The van der Waals surface area contributed by atoms with E-state index in [4.69, 9.17) is 20.8 Å². The molecule has 1 N–H and O–H groups in total. The van der Waals surface area contributed by atoms with Crippen molar-refractivity contribution in [1.29, 1.82) is 0 Å². The van der Waals surface area contributed by atoms with Crippen LogP contribution in [0.3, 0.4) is 0 Å². The van der Waals surface area contributed by atoms with Gasteiger partial charge < -0.3 is 14.5 Å². The number of carbonyl (C=O) groups is 1. The highest BCUT2D eigenvalue weighted by molar-refractivity contribution is 6.30. The highest BCUT2D eigenvalue weighted by atomic mass is 35.5. The average Bonchev–Trinajstić information content (AvgIpc) is 3.48. The van der Waals surface area contributed by atoms with E-state index in [0.717, 1.165) is 19.0 Å². The second-order valence-corrected chi connectivity index (χ2v) is 7.55. The molecular weight excluding hydrogens is 435 g/mol. The Balaban J connectivity index is 1.52. The first kappa shape index (κ1) is 21.2. The zero-order chi connectivity index (χ0) is 22.0. The fraction of sp³-hybridized carbons (Fsp3) is 0.286. The predicted molar refractivity (Wildman–Crippen MR) is 106 cm³/mol. The quantitative estimate of drug-likeness (QED) is 0.538. The number of oxazole rings is 1. The molecule has 2 aromatic heterocycles. The Kier molecular flexibility index (Phi) is 5.86. The molecule has 10 heteroatoms. The van der Waals surface area contributed by atoms with E-state index in [1.165, 1.54) is 12.3 Å². The third-order valence-corrected chi connectivity index (χ3v) is 4.82. The summed E-state index contributed by atoms with van der Waals surface area (Å²) in [6.45, 7) is -1.34. The molecule has 0 aliphatic heterocycles. The largest absolute Gasteiger partial charge is 0.482 e. The number of hydrogen-bond acceptors (Lipinski definition) is 5. The Morgan fingerprint density at radius 1 is 1.26 bits per heavy atom. The van der Waals surface area contributed by atoms with Gasteiger partial charge in [-0.1, -0.05) is 23.7 Å². The summed E-state index contributed by atoms with van der Waals surface area (Å²) in [6.07, 6.45) is 0.184. The van der Waals surface area contributed by atoms with Crippen molar-refractivity contribution < 1.29 is 27.1 Å². The van der Waals surface area contributed by atoms with Gasteiger partial charge in [0.2, 0.25) is 0 Å². The van der Waals surface area contributed by atoms with Gasteiger partial charge in [0, 0.05) is 16.5 Å². The van der Waals surface area contributed by atoms with E-state index >= 15 is 0 Å². The first-order chi connectivity index (χ1) is 14.8. The monoisotopic (exact) mass is 451 g/mol. The molecule has 0 radical (unpaired) electrons. The third kappa shape index (κ3) is 5.55. The molecule has 1 aliphatic rings. The molecule has 0 unspecified atom stereocenters. The van der Waals surface area contributed by atoms with E-state index in [-0.39, 0.29) is 18.0 Å². The van der Waals surface area contributed by atoms with E-state index in [0.29, 0.717) is 33.7 Å². The zero-order valence-corrected chi connectivity index (χ0v) is 16.8. The fourth-order valence-corrected chi connectivity index (χ4v) is 3.01. The smallest absolute Gasteiger partial charge is 0.422 e. The van der Waals surface area contributed by atoms with Crippen LogP contribution in [0.1, 0.15) is 40.8 Å². The van der Waals surface area contributed by atoms with Crippen LogP contribution in [0.5, 0.6) is 5.75 Å². The number of rotatable bonds is 7. The summed E-state index contributed by atoms with van der Waals surface area (Å²) in [5.74, 6) is 0.422. The molecule has 1 aromatic carbocycles. The van der Waals surface area contributed by atoms with Gasteiger partial charge in [0.1, 0.15) is 17.7 Å². The molecule has 31 heavy (non-hydrogen) atoms. The third-order valence-electron chi connectivity index (χ3n) is 4.57. The van der Waals surface area contributed by atoms with Crippen molar-refractivity contribution in [3.63, 3.8) is 0 Å². The SMILES string of the molecule is O=C(NCc1coc(C2CC2)n1)c1cc(-c2ccc(Cl)cc2)c(OCC(F)(F)F)cn1. The maximum Gasteiger partial charge on any atom is 0.422 e. The number of hydrogen-bond donors (Lipinski definition) is 1. The normalized spacial score (nSPS) is 13.8. The molecule has 6 nitrogen and oxygen atoms in total. The van der Waals surface area contributed by atoms with Crippen LogP contribution in [0, 0.1) is 0 Å². The number of amides is 1. The summed E-state index contributed by atoms with van der Waals surface area (Å²) in [4.78, 5) is 20.9. The minimum absolute atomic E-state index is 0.0234. The van der Waals surface area contributed by atoms with E-state index < -0.39 is 18.7 Å². The Morgan fingerprint density at radius 2 is 2.00 bits per heavy atom. The summed E-state index contributed by atoms with van der Waals surface area (Å²) in [6, 6.07) is 7.80. The lowest BCUT2D eigenvalue weighted by molar-refractivity contribution is -0.153. The molecular formula is C21H17ClF3N3O3. The van der Waals surface area contributed by atoms with Crippen LogP contribution in [-0.2, 0) is 6.54 Å². The Hall–Kier alpha value is -3.07. The van der Waals surface area contributed by atoms with Gasteiger partial charge in [0.25, 0.3) is 5.91 Å². The Morgan fingerprint density at radius 3 is 2.68 bits per heavy atom. The van der Waals surface area contributed by atoms with Gasteiger partial charge in [-0.15, -0.1) is 0 Å². The first-order valence-electron chi connectivity index (χ1n) is 9.46. The van der Waals surface area contributed by atoms with Crippen LogP contribution in [0.15, 0.2) is 47.2 Å². The second kappa shape index (κ2) is 8.58. The number of pyridine rings is 1. The molecule has 2 heterocycles. The Bertz CT molecular complexity index is 1080. The molecule has 3 aromatic rings. The van der Waals surface area contributed by atoms with Gasteiger partial charge in [0.15, 0.2) is 12.5 Å². The van der Waals surface area contributed by atoms with Crippen molar-refractivity contribution in [2.24, 2.45) is 0 Å². The van der Waals surface area contributed by atoms with Crippen LogP contribution in [-0.4, -0.2) is 28.7 Å². The van der Waals surface area contributed by atoms with Crippen molar-refractivity contribution in [3.05, 3.63) is 65.1 Å². The number of benzene rings is 1. The van der Waals surface area contributed by atoms with Crippen LogP contribution < -0.4 is 10.1 Å². The van der Waals surface area contributed by atoms with Crippen LogP contribution in [0.25, 0.3) is 11.1 Å². The van der Waals surface area contributed by atoms with Gasteiger partial charge in [-0.05, 0) is 36.6 Å². The van der Waals surface area contributed by atoms with E-state index in [1.54, 1.807) is 24.3 Å². The van der Waals surface area contributed by atoms with Crippen molar-refractivity contribution in [3.8, 4) is 16.9 Å². The van der Waals surface area contributed by atoms with Gasteiger partial charge in [-0.2, -0.15) is 13.2 Å². The van der Waals surface area contributed by atoms with Crippen LogP contribution in [0.4, 0.5) is 13.2 Å². The number of ether oxygens (including phenoxy) is 1. The predicted octanol–water partition coefficient (Wildman–Crippen LogP) is 5.14. The average molecular weight is 452 g/mol. The number of halogens is 4. The molecule has 1 saturated carbocycles. The lowest BCUT2D eigenvalue weighted by atomic mass is 10.0. The van der Waals surface area contributed by atoms with Gasteiger partial charge in [-0.3, -0.25) is 4.79 Å². The maximum absolute atomic E-state index is 12.6. The molecule has 0 bridgehead atoms. The van der Waals surface area contributed by atoms with E-state index in [1.807, 2.05) is 0 Å². The second-order valence-electron chi connectivity index (χ2n) is 7.11. The van der Waals surface area contributed by atoms with E-state index in [2.05, 4.69) is 15.3 Å². The number of nitrogens with zero attached hydrogens (tertiary/aromatic N) is 2. The van der Waals surface area contributed by atoms with Crippen LogP contribution in [0.2, 0.25) is 5.02 Å². The summed E-state index contributed by atoms with van der Waals surface area (Å²) < 4.78 is 48.1. The van der Waals surface area contributed by atoms with Gasteiger partial charge in [-0.25, -0.2) is 9.97 Å². The number of aromatic nitrogens is 2. The first-order valence-corrected chi connectivity index (χ1v) is 9.84. The summed E-state index contributed by atoms with van der Waals surface area (Å²) >= 11 is 5.90. The summed E-state index contributed by atoms with van der Waals surface area (Å²) in [5, 5.41) is 3.15. The number of alkyl halides is 3. The Labute approximate surface area is 180 Å². The summed E-state index contributed by atoms with van der Waals surface area (Å²) in [5.41, 5.74) is 1.43. The molecule has 0 atom stereocenters.